The van der Waals surface area contributed by atoms with Gasteiger partial charge in [0.2, 0.25) is 0 Å². The summed E-state index contributed by atoms with van der Waals surface area (Å²) >= 11 is 0. The monoisotopic (exact) mass is 396 g/mol. The molecule has 1 saturated heterocycles. The Morgan fingerprint density at radius 2 is 1.69 bits per heavy atom. The molecule has 0 aliphatic carbocycles. The van der Waals surface area contributed by atoms with Crippen LogP contribution in [0.2, 0.25) is 0 Å². The van der Waals surface area contributed by atoms with Gasteiger partial charge in [0.15, 0.2) is 0 Å². The molecule has 0 atom stereocenters. The zero-order valence-electron chi connectivity index (χ0n) is 16.6. The first kappa shape index (κ1) is 20.3. The molecule has 3 rings (SSSR count). The van der Waals surface area contributed by atoms with Crippen molar-refractivity contribution >= 4 is 23.6 Å². The molecule has 3 amide bonds. The first-order chi connectivity index (χ1) is 14.0. The Hall–Kier alpha value is -3.42. The van der Waals surface area contributed by atoms with Crippen molar-refractivity contribution in [2.24, 2.45) is 0 Å². The molecule has 1 aliphatic heterocycles. The molecule has 0 bridgehead atoms. The van der Waals surface area contributed by atoms with Gasteiger partial charge < -0.3 is 19.9 Å². The number of nitrogens with zero attached hydrogens (tertiary/aromatic N) is 3. The van der Waals surface area contributed by atoms with Crippen molar-refractivity contribution in [3.8, 4) is 0 Å². The van der Waals surface area contributed by atoms with Crippen molar-refractivity contribution in [2.45, 2.75) is 13.8 Å². The smallest absolute Gasteiger partial charge is 0.409 e. The SMILES string of the molecule is CCOC(=O)N1CCN(C(=O)c2cncc(C(=O)Nc3ccccc3C)c2)CC1. The number of anilines is 1. The van der Waals surface area contributed by atoms with Gasteiger partial charge in [-0.05, 0) is 31.5 Å². The number of ether oxygens (including phenoxy) is 1. The molecule has 0 unspecified atom stereocenters. The van der Waals surface area contributed by atoms with Gasteiger partial charge in [0.25, 0.3) is 11.8 Å². The molecule has 1 aromatic heterocycles. The maximum Gasteiger partial charge on any atom is 0.409 e. The number of para-hydroxylation sites is 1. The molecule has 0 spiro atoms. The minimum Gasteiger partial charge on any atom is -0.450 e. The summed E-state index contributed by atoms with van der Waals surface area (Å²) in [6.07, 6.45) is 2.52. The lowest BCUT2D eigenvalue weighted by atomic mass is 10.1. The number of pyridine rings is 1. The van der Waals surface area contributed by atoms with E-state index in [4.69, 9.17) is 4.74 Å². The first-order valence-corrected chi connectivity index (χ1v) is 9.52. The van der Waals surface area contributed by atoms with E-state index in [9.17, 15) is 14.4 Å². The second kappa shape index (κ2) is 9.18. The minimum absolute atomic E-state index is 0.216. The largest absolute Gasteiger partial charge is 0.450 e. The summed E-state index contributed by atoms with van der Waals surface area (Å²) in [6, 6.07) is 9.01. The van der Waals surface area contributed by atoms with E-state index in [0.717, 1.165) is 5.56 Å². The van der Waals surface area contributed by atoms with Gasteiger partial charge in [-0.25, -0.2) is 4.79 Å². The Morgan fingerprint density at radius 1 is 1.03 bits per heavy atom. The predicted molar refractivity (Wildman–Crippen MR) is 108 cm³/mol. The van der Waals surface area contributed by atoms with Crippen molar-refractivity contribution < 1.29 is 19.1 Å². The number of rotatable bonds is 4. The number of nitrogens with one attached hydrogen (secondary N) is 1. The van der Waals surface area contributed by atoms with Crippen LogP contribution in [0.1, 0.15) is 33.2 Å². The van der Waals surface area contributed by atoms with Crippen LogP contribution in [0.5, 0.6) is 0 Å². The van der Waals surface area contributed by atoms with E-state index < -0.39 is 0 Å². The molecule has 29 heavy (non-hydrogen) atoms. The molecule has 0 saturated carbocycles. The number of carbonyl (C=O) groups is 3. The lowest BCUT2D eigenvalue weighted by Gasteiger charge is -2.34. The Balaban J connectivity index is 1.65. The third-order valence-electron chi connectivity index (χ3n) is 4.73. The van der Waals surface area contributed by atoms with E-state index in [0.29, 0.717) is 49.6 Å². The topological polar surface area (TPSA) is 91.8 Å². The molecule has 1 N–H and O–H groups in total. The van der Waals surface area contributed by atoms with Crippen molar-refractivity contribution in [3.05, 3.63) is 59.4 Å². The van der Waals surface area contributed by atoms with E-state index in [2.05, 4.69) is 10.3 Å². The lowest BCUT2D eigenvalue weighted by molar-refractivity contribution is 0.0570. The Morgan fingerprint density at radius 3 is 2.38 bits per heavy atom. The fourth-order valence-electron chi connectivity index (χ4n) is 3.08. The van der Waals surface area contributed by atoms with Crippen LogP contribution in [-0.4, -0.2) is 65.5 Å². The van der Waals surface area contributed by atoms with Crippen LogP contribution in [0.15, 0.2) is 42.7 Å². The number of hydrogen-bond donors (Lipinski definition) is 1. The van der Waals surface area contributed by atoms with E-state index >= 15 is 0 Å². The number of benzene rings is 1. The number of amides is 3. The Labute approximate surface area is 169 Å². The van der Waals surface area contributed by atoms with Crippen molar-refractivity contribution in [3.63, 3.8) is 0 Å². The lowest BCUT2D eigenvalue weighted by Crippen LogP contribution is -2.50. The normalized spacial score (nSPS) is 13.7. The van der Waals surface area contributed by atoms with Gasteiger partial charge in [-0.2, -0.15) is 0 Å². The molecule has 152 valence electrons. The summed E-state index contributed by atoms with van der Waals surface area (Å²) in [5.41, 5.74) is 2.31. The molecule has 0 radical (unpaired) electrons. The third kappa shape index (κ3) is 4.90. The highest BCUT2D eigenvalue weighted by molar-refractivity contribution is 6.06. The highest BCUT2D eigenvalue weighted by Crippen LogP contribution is 2.16. The molecule has 8 nitrogen and oxygen atoms in total. The van der Waals surface area contributed by atoms with E-state index in [-0.39, 0.29) is 17.9 Å². The zero-order chi connectivity index (χ0) is 20.8. The van der Waals surface area contributed by atoms with Gasteiger partial charge in [-0.15, -0.1) is 0 Å². The molecular formula is C21H24N4O4. The van der Waals surface area contributed by atoms with Crippen molar-refractivity contribution in [2.75, 3.05) is 38.1 Å². The van der Waals surface area contributed by atoms with E-state index in [1.54, 1.807) is 22.8 Å². The maximum atomic E-state index is 12.8. The van der Waals surface area contributed by atoms with E-state index in [1.807, 2.05) is 31.2 Å². The third-order valence-corrected chi connectivity index (χ3v) is 4.73. The Kier molecular flexibility index (Phi) is 6.43. The number of aryl methyl sites for hydroxylation is 1. The quantitative estimate of drug-likeness (QED) is 0.858. The van der Waals surface area contributed by atoms with Crippen LogP contribution in [0, 0.1) is 6.92 Å². The van der Waals surface area contributed by atoms with E-state index in [1.165, 1.54) is 12.4 Å². The molecular weight excluding hydrogens is 372 g/mol. The second-order valence-electron chi connectivity index (χ2n) is 6.71. The van der Waals surface area contributed by atoms with Crippen LogP contribution in [0.4, 0.5) is 10.5 Å². The molecule has 1 aliphatic rings. The summed E-state index contributed by atoms with van der Waals surface area (Å²) < 4.78 is 4.99. The van der Waals surface area contributed by atoms with Crippen LogP contribution in [0.3, 0.4) is 0 Å². The number of hydrogen-bond acceptors (Lipinski definition) is 5. The molecule has 2 aromatic rings. The molecule has 1 fully saturated rings. The average Bonchev–Trinajstić information content (AvgIpc) is 2.75. The van der Waals surface area contributed by atoms with Gasteiger partial charge >= 0.3 is 6.09 Å². The molecule has 2 heterocycles. The van der Waals surface area contributed by atoms with Gasteiger partial charge in [0.05, 0.1) is 17.7 Å². The summed E-state index contributed by atoms with van der Waals surface area (Å²) in [6.45, 7) is 5.60. The van der Waals surface area contributed by atoms with Crippen LogP contribution < -0.4 is 5.32 Å². The highest BCUT2D eigenvalue weighted by atomic mass is 16.6. The zero-order valence-corrected chi connectivity index (χ0v) is 16.6. The summed E-state index contributed by atoms with van der Waals surface area (Å²) in [4.78, 5) is 44.4. The molecule has 1 aromatic carbocycles. The Bertz CT molecular complexity index is 907. The summed E-state index contributed by atoms with van der Waals surface area (Å²) in [5.74, 6) is -0.542. The van der Waals surface area contributed by atoms with Crippen molar-refractivity contribution in [1.82, 2.24) is 14.8 Å². The van der Waals surface area contributed by atoms with Crippen LogP contribution in [-0.2, 0) is 4.74 Å². The minimum atomic E-state index is -0.365. The number of aromatic nitrogens is 1. The first-order valence-electron chi connectivity index (χ1n) is 9.52. The van der Waals surface area contributed by atoms with Gasteiger partial charge in [0, 0.05) is 44.3 Å². The fourth-order valence-corrected chi connectivity index (χ4v) is 3.08. The number of carbonyl (C=O) groups excluding carboxylic acids is 3. The second-order valence-corrected chi connectivity index (χ2v) is 6.71. The van der Waals surface area contributed by atoms with Crippen LogP contribution in [0.25, 0.3) is 0 Å². The average molecular weight is 396 g/mol. The van der Waals surface area contributed by atoms with Gasteiger partial charge in [-0.1, -0.05) is 18.2 Å². The highest BCUT2D eigenvalue weighted by Gasteiger charge is 2.26. The number of piperazine rings is 1. The van der Waals surface area contributed by atoms with Crippen LogP contribution >= 0.6 is 0 Å². The fraction of sp³-hybridized carbons (Fsp3) is 0.333. The standard InChI is InChI=1S/C21H24N4O4/c1-3-29-21(28)25-10-8-24(9-11-25)20(27)17-12-16(13-22-14-17)19(26)23-18-7-5-4-6-15(18)2/h4-7,12-14H,3,8-11H2,1-2H3,(H,23,26). The van der Waals surface area contributed by atoms with Gasteiger partial charge in [0.1, 0.15) is 0 Å². The van der Waals surface area contributed by atoms with Crippen molar-refractivity contribution in [1.29, 1.82) is 0 Å². The summed E-state index contributed by atoms with van der Waals surface area (Å²) in [5, 5.41) is 2.84. The summed E-state index contributed by atoms with van der Waals surface area (Å²) in [7, 11) is 0. The van der Waals surface area contributed by atoms with Gasteiger partial charge in [-0.3, -0.25) is 14.6 Å². The molecule has 8 heteroatoms. The predicted octanol–water partition coefficient (Wildman–Crippen LogP) is 2.56. The maximum absolute atomic E-state index is 12.8.